The highest BCUT2D eigenvalue weighted by Gasteiger charge is 2.17. The third kappa shape index (κ3) is 5.91. The molecule has 0 fully saturated rings. The van der Waals surface area contributed by atoms with Crippen LogP contribution in [0.4, 0.5) is 0 Å². The number of amides is 2. The molecule has 4 nitrogen and oxygen atoms in total. The summed E-state index contributed by atoms with van der Waals surface area (Å²) >= 11 is 5.89. The SMILES string of the molecule is CC(c1ccc(Cl)cc1)N(C)C(=O)CCNC(=O)Cc1ccccc1. The van der Waals surface area contributed by atoms with Gasteiger partial charge in [-0.1, -0.05) is 54.1 Å². The number of halogens is 1. The molecule has 2 amide bonds. The van der Waals surface area contributed by atoms with E-state index < -0.39 is 0 Å². The number of nitrogens with zero attached hydrogens (tertiary/aromatic N) is 1. The minimum absolute atomic E-state index is 0.0116. The first-order valence-corrected chi connectivity index (χ1v) is 8.67. The molecule has 132 valence electrons. The minimum atomic E-state index is -0.0765. The molecule has 0 aliphatic carbocycles. The maximum atomic E-state index is 12.3. The summed E-state index contributed by atoms with van der Waals surface area (Å²) in [6.07, 6.45) is 0.598. The minimum Gasteiger partial charge on any atom is -0.355 e. The molecule has 2 aromatic rings. The summed E-state index contributed by atoms with van der Waals surface area (Å²) in [7, 11) is 1.77. The van der Waals surface area contributed by atoms with E-state index >= 15 is 0 Å². The van der Waals surface area contributed by atoms with Crippen LogP contribution in [0.3, 0.4) is 0 Å². The van der Waals surface area contributed by atoms with Crippen molar-refractivity contribution in [1.29, 1.82) is 0 Å². The summed E-state index contributed by atoms with van der Waals surface area (Å²) in [4.78, 5) is 25.9. The average molecular weight is 359 g/mol. The summed E-state index contributed by atoms with van der Waals surface area (Å²) in [5.74, 6) is -0.0881. The first kappa shape index (κ1) is 19.0. The lowest BCUT2D eigenvalue weighted by Gasteiger charge is -2.25. The number of carbonyl (C=O) groups is 2. The number of hydrogen-bond donors (Lipinski definition) is 1. The van der Waals surface area contributed by atoms with Gasteiger partial charge in [0.05, 0.1) is 12.5 Å². The molecule has 1 unspecified atom stereocenters. The Balaban J connectivity index is 1.77. The van der Waals surface area contributed by atoms with Gasteiger partial charge in [0, 0.05) is 25.0 Å². The lowest BCUT2D eigenvalue weighted by Crippen LogP contribution is -2.34. The fraction of sp³-hybridized carbons (Fsp3) is 0.300. The van der Waals surface area contributed by atoms with Crippen molar-refractivity contribution in [2.75, 3.05) is 13.6 Å². The van der Waals surface area contributed by atoms with Crippen LogP contribution in [-0.4, -0.2) is 30.3 Å². The summed E-state index contributed by atoms with van der Waals surface area (Å²) in [6.45, 7) is 2.30. The van der Waals surface area contributed by atoms with Gasteiger partial charge in [0.2, 0.25) is 11.8 Å². The Morgan fingerprint density at radius 1 is 1.08 bits per heavy atom. The van der Waals surface area contributed by atoms with Gasteiger partial charge < -0.3 is 10.2 Å². The lowest BCUT2D eigenvalue weighted by atomic mass is 10.1. The van der Waals surface area contributed by atoms with Gasteiger partial charge in [-0.15, -0.1) is 0 Å². The Morgan fingerprint density at radius 2 is 1.72 bits per heavy atom. The Morgan fingerprint density at radius 3 is 2.36 bits per heavy atom. The highest BCUT2D eigenvalue weighted by Crippen LogP contribution is 2.21. The second kappa shape index (κ2) is 9.23. The van der Waals surface area contributed by atoms with E-state index in [1.165, 1.54) is 0 Å². The monoisotopic (exact) mass is 358 g/mol. The summed E-state index contributed by atoms with van der Waals surface area (Å²) < 4.78 is 0. The van der Waals surface area contributed by atoms with Gasteiger partial charge in [0.1, 0.15) is 0 Å². The molecule has 0 aliphatic rings. The maximum absolute atomic E-state index is 12.3. The predicted octanol–water partition coefficient (Wildman–Crippen LogP) is 3.61. The molecule has 0 saturated heterocycles. The van der Waals surface area contributed by atoms with Crippen LogP contribution in [-0.2, 0) is 16.0 Å². The van der Waals surface area contributed by atoms with Crippen LogP contribution < -0.4 is 5.32 Å². The normalized spacial score (nSPS) is 11.6. The smallest absolute Gasteiger partial charge is 0.224 e. The molecular formula is C20H23ClN2O2. The van der Waals surface area contributed by atoms with Crippen molar-refractivity contribution in [3.05, 3.63) is 70.7 Å². The highest BCUT2D eigenvalue weighted by molar-refractivity contribution is 6.30. The molecular weight excluding hydrogens is 336 g/mol. The molecule has 0 saturated carbocycles. The van der Waals surface area contributed by atoms with Crippen molar-refractivity contribution in [3.8, 4) is 0 Å². The molecule has 0 bridgehead atoms. The van der Waals surface area contributed by atoms with Crippen LogP contribution in [0, 0.1) is 0 Å². The van der Waals surface area contributed by atoms with E-state index in [1.54, 1.807) is 11.9 Å². The summed E-state index contributed by atoms with van der Waals surface area (Å²) in [5.41, 5.74) is 1.98. The fourth-order valence-corrected chi connectivity index (χ4v) is 2.64. The Labute approximate surface area is 153 Å². The van der Waals surface area contributed by atoms with Crippen molar-refractivity contribution in [3.63, 3.8) is 0 Å². The van der Waals surface area contributed by atoms with E-state index in [0.29, 0.717) is 18.0 Å². The molecule has 0 heterocycles. The van der Waals surface area contributed by atoms with E-state index in [4.69, 9.17) is 11.6 Å². The first-order valence-electron chi connectivity index (χ1n) is 8.29. The number of hydrogen-bond acceptors (Lipinski definition) is 2. The van der Waals surface area contributed by atoms with Crippen molar-refractivity contribution in [2.45, 2.75) is 25.8 Å². The van der Waals surface area contributed by atoms with Crippen LogP contribution >= 0.6 is 11.6 Å². The quantitative estimate of drug-likeness (QED) is 0.822. The van der Waals surface area contributed by atoms with Gasteiger partial charge in [-0.3, -0.25) is 9.59 Å². The van der Waals surface area contributed by atoms with Crippen molar-refractivity contribution < 1.29 is 9.59 Å². The van der Waals surface area contributed by atoms with Crippen LogP contribution in [0.2, 0.25) is 5.02 Å². The van der Waals surface area contributed by atoms with Crippen LogP contribution in [0.25, 0.3) is 0 Å². The molecule has 25 heavy (non-hydrogen) atoms. The summed E-state index contributed by atoms with van der Waals surface area (Å²) in [5, 5.41) is 3.47. The molecule has 0 spiro atoms. The molecule has 1 atom stereocenters. The number of benzene rings is 2. The molecule has 2 rings (SSSR count). The van der Waals surface area contributed by atoms with Crippen molar-refractivity contribution >= 4 is 23.4 Å². The standard InChI is InChI=1S/C20H23ClN2O2/c1-15(17-8-10-18(21)11-9-17)23(2)20(25)12-13-22-19(24)14-16-6-4-3-5-7-16/h3-11,15H,12-14H2,1-2H3,(H,22,24). The second-order valence-corrected chi connectivity index (χ2v) is 6.43. The van der Waals surface area contributed by atoms with Crippen LogP contribution in [0.15, 0.2) is 54.6 Å². The molecule has 0 radical (unpaired) electrons. The van der Waals surface area contributed by atoms with E-state index in [2.05, 4.69) is 5.32 Å². The topological polar surface area (TPSA) is 49.4 Å². The van der Waals surface area contributed by atoms with E-state index in [1.807, 2.05) is 61.5 Å². The van der Waals surface area contributed by atoms with E-state index in [-0.39, 0.29) is 24.3 Å². The zero-order chi connectivity index (χ0) is 18.2. The van der Waals surface area contributed by atoms with Crippen molar-refractivity contribution in [2.24, 2.45) is 0 Å². The zero-order valence-electron chi connectivity index (χ0n) is 14.5. The van der Waals surface area contributed by atoms with Gasteiger partial charge in [-0.25, -0.2) is 0 Å². The summed E-state index contributed by atoms with van der Waals surface area (Å²) in [6, 6.07) is 16.9. The highest BCUT2D eigenvalue weighted by atomic mass is 35.5. The third-order valence-electron chi connectivity index (χ3n) is 4.20. The van der Waals surface area contributed by atoms with Gasteiger partial charge in [0.25, 0.3) is 0 Å². The van der Waals surface area contributed by atoms with Crippen LogP contribution in [0.1, 0.15) is 30.5 Å². The van der Waals surface area contributed by atoms with Gasteiger partial charge in [-0.05, 0) is 30.2 Å². The molecule has 0 aliphatic heterocycles. The molecule has 5 heteroatoms. The lowest BCUT2D eigenvalue weighted by molar-refractivity contribution is -0.131. The van der Waals surface area contributed by atoms with Gasteiger partial charge in [0.15, 0.2) is 0 Å². The largest absolute Gasteiger partial charge is 0.355 e. The molecule has 0 aromatic heterocycles. The van der Waals surface area contributed by atoms with Crippen molar-refractivity contribution in [1.82, 2.24) is 10.2 Å². The van der Waals surface area contributed by atoms with E-state index in [0.717, 1.165) is 11.1 Å². The van der Waals surface area contributed by atoms with Gasteiger partial charge >= 0.3 is 0 Å². The zero-order valence-corrected chi connectivity index (χ0v) is 15.3. The van der Waals surface area contributed by atoms with Crippen LogP contribution in [0.5, 0.6) is 0 Å². The first-order chi connectivity index (χ1) is 12.0. The number of rotatable bonds is 7. The second-order valence-electron chi connectivity index (χ2n) is 5.99. The Bertz CT molecular complexity index is 701. The number of nitrogens with one attached hydrogen (secondary N) is 1. The Hall–Kier alpha value is -2.33. The molecule has 1 N–H and O–H groups in total. The predicted molar refractivity (Wildman–Crippen MR) is 100 cm³/mol. The van der Waals surface area contributed by atoms with E-state index in [9.17, 15) is 9.59 Å². The average Bonchev–Trinajstić information content (AvgIpc) is 2.62. The number of carbonyl (C=O) groups excluding carboxylic acids is 2. The van der Waals surface area contributed by atoms with Gasteiger partial charge in [-0.2, -0.15) is 0 Å². The molecule has 2 aromatic carbocycles. The third-order valence-corrected chi connectivity index (χ3v) is 4.45. The Kier molecular flexibility index (Phi) is 7.02. The maximum Gasteiger partial charge on any atom is 0.224 e. The fourth-order valence-electron chi connectivity index (χ4n) is 2.51.